The van der Waals surface area contributed by atoms with Gasteiger partial charge < -0.3 is 15.4 Å². The maximum Gasteiger partial charge on any atom is 0.319 e. The van der Waals surface area contributed by atoms with Crippen LogP contribution >= 0.6 is 0 Å². The van der Waals surface area contributed by atoms with Gasteiger partial charge in [-0.2, -0.15) is 0 Å². The van der Waals surface area contributed by atoms with E-state index in [2.05, 4.69) is 35.4 Å². The summed E-state index contributed by atoms with van der Waals surface area (Å²) in [5, 5.41) is 5.75. The van der Waals surface area contributed by atoms with Gasteiger partial charge in [0.1, 0.15) is 18.2 Å². The summed E-state index contributed by atoms with van der Waals surface area (Å²) >= 11 is 0. The smallest absolute Gasteiger partial charge is 0.319 e. The van der Waals surface area contributed by atoms with E-state index >= 15 is 0 Å². The predicted octanol–water partition coefficient (Wildman–Crippen LogP) is 4.61. The van der Waals surface area contributed by atoms with Crippen molar-refractivity contribution in [3.63, 3.8) is 0 Å². The van der Waals surface area contributed by atoms with Crippen LogP contribution in [0, 0.1) is 5.82 Å². The summed E-state index contributed by atoms with van der Waals surface area (Å²) in [5.74, 6) is 1.09. The van der Waals surface area contributed by atoms with E-state index in [0.717, 1.165) is 38.2 Å². The lowest BCUT2D eigenvalue weighted by molar-refractivity contribution is 0.165. The minimum absolute atomic E-state index is 0.147. The fourth-order valence-electron chi connectivity index (χ4n) is 3.56. The molecular formula is C23H30FN3O2. The first-order chi connectivity index (χ1) is 14.0. The van der Waals surface area contributed by atoms with Crippen LogP contribution in [0.2, 0.25) is 0 Å². The average Bonchev–Trinajstić information content (AvgIpc) is 2.71. The number of urea groups is 1. The van der Waals surface area contributed by atoms with Gasteiger partial charge in [0, 0.05) is 31.4 Å². The molecule has 2 aromatic carbocycles. The number of hydrogen-bond acceptors (Lipinski definition) is 3. The van der Waals surface area contributed by atoms with Crippen molar-refractivity contribution in [1.29, 1.82) is 0 Å². The van der Waals surface area contributed by atoms with Gasteiger partial charge in [0.25, 0.3) is 0 Å². The van der Waals surface area contributed by atoms with Gasteiger partial charge in [0.05, 0.1) is 0 Å². The first-order valence-corrected chi connectivity index (χ1v) is 10.3. The number of rotatable bonds is 7. The van der Waals surface area contributed by atoms with Gasteiger partial charge in [-0.1, -0.05) is 32.0 Å². The molecule has 0 aromatic heterocycles. The molecule has 0 bridgehead atoms. The molecule has 0 atom stereocenters. The number of ether oxygens (including phenoxy) is 1. The number of anilines is 1. The molecule has 1 heterocycles. The van der Waals surface area contributed by atoms with Gasteiger partial charge >= 0.3 is 6.03 Å². The third-order valence-corrected chi connectivity index (χ3v) is 5.23. The SMILES string of the molecule is CC(C)c1ccccc1OCCN1CCC(NC(=O)Nc2ccc(F)cc2)CC1. The largest absolute Gasteiger partial charge is 0.492 e. The number of para-hydroxylation sites is 1. The first kappa shape index (κ1) is 21.1. The molecule has 29 heavy (non-hydrogen) atoms. The van der Waals surface area contributed by atoms with Crippen LogP contribution in [0.4, 0.5) is 14.9 Å². The van der Waals surface area contributed by atoms with E-state index in [9.17, 15) is 9.18 Å². The summed E-state index contributed by atoms with van der Waals surface area (Å²) in [6, 6.07) is 13.9. The lowest BCUT2D eigenvalue weighted by Gasteiger charge is -2.32. The van der Waals surface area contributed by atoms with E-state index in [1.54, 1.807) is 12.1 Å². The van der Waals surface area contributed by atoms with Crippen molar-refractivity contribution >= 4 is 11.7 Å². The zero-order chi connectivity index (χ0) is 20.6. The van der Waals surface area contributed by atoms with Crippen molar-refractivity contribution < 1.29 is 13.9 Å². The van der Waals surface area contributed by atoms with Crippen LogP contribution < -0.4 is 15.4 Å². The third-order valence-electron chi connectivity index (χ3n) is 5.23. The van der Waals surface area contributed by atoms with Gasteiger partial charge in [-0.25, -0.2) is 9.18 Å². The summed E-state index contributed by atoms with van der Waals surface area (Å²) in [7, 11) is 0. The number of carbonyl (C=O) groups excluding carboxylic acids is 1. The molecule has 156 valence electrons. The summed E-state index contributed by atoms with van der Waals surface area (Å²) in [6.07, 6.45) is 1.80. The number of nitrogens with zero attached hydrogens (tertiary/aromatic N) is 1. The Kier molecular flexibility index (Phi) is 7.47. The summed E-state index contributed by atoms with van der Waals surface area (Å²) < 4.78 is 19.0. The molecule has 2 amide bonds. The van der Waals surface area contributed by atoms with Crippen LogP contribution in [-0.2, 0) is 0 Å². The Morgan fingerprint density at radius 3 is 2.52 bits per heavy atom. The van der Waals surface area contributed by atoms with Crippen molar-refractivity contribution in [2.75, 3.05) is 31.6 Å². The lowest BCUT2D eigenvalue weighted by Crippen LogP contribution is -2.46. The Labute approximate surface area is 172 Å². The van der Waals surface area contributed by atoms with Crippen LogP contribution in [0.25, 0.3) is 0 Å². The minimum atomic E-state index is -0.319. The minimum Gasteiger partial charge on any atom is -0.492 e. The van der Waals surface area contributed by atoms with E-state index in [-0.39, 0.29) is 17.9 Å². The topological polar surface area (TPSA) is 53.6 Å². The van der Waals surface area contributed by atoms with Gasteiger partial charge in [-0.15, -0.1) is 0 Å². The molecule has 1 saturated heterocycles. The van der Waals surface area contributed by atoms with Crippen LogP contribution in [-0.4, -0.2) is 43.2 Å². The highest BCUT2D eigenvalue weighted by atomic mass is 19.1. The highest BCUT2D eigenvalue weighted by Gasteiger charge is 2.20. The second-order valence-corrected chi connectivity index (χ2v) is 7.76. The number of likely N-dealkylation sites (tertiary alicyclic amines) is 1. The molecule has 0 saturated carbocycles. The van der Waals surface area contributed by atoms with Crippen LogP contribution in [0.5, 0.6) is 5.75 Å². The number of hydrogen-bond donors (Lipinski definition) is 2. The molecule has 2 aromatic rings. The Bertz CT molecular complexity index is 787. The van der Waals surface area contributed by atoms with Crippen molar-refractivity contribution in [2.45, 2.75) is 38.6 Å². The fraction of sp³-hybridized carbons (Fsp3) is 0.435. The number of amides is 2. The molecule has 0 aliphatic carbocycles. The zero-order valence-corrected chi connectivity index (χ0v) is 17.2. The summed E-state index contributed by atoms with van der Waals surface area (Å²) in [5.41, 5.74) is 1.82. The quantitative estimate of drug-likeness (QED) is 0.715. The fourth-order valence-corrected chi connectivity index (χ4v) is 3.56. The Hall–Kier alpha value is -2.60. The standard InChI is InChI=1S/C23H30FN3O2/c1-17(2)21-5-3-4-6-22(21)29-16-15-27-13-11-20(12-14-27)26-23(28)25-19-9-7-18(24)8-10-19/h3-10,17,20H,11-16H2,1-2H3,(H2,25,26,28). The van der Waals surface area contributed by atoms with E-state index in [4.69, 9.17) is 4.74 Å². The number of nitrogens with one attached hydrogen (secondary N) is 2. The van der Waals surface area contributed by atoms with Gasteiger partial charge in [0.2, 0.25) is 0 Å². The molecule has 1 fully saturated rings. The molecule has 0 unspecified atom stereocenters. The van der Waals surface area contributed by atoms with Gasteiger partial charge in [-0.05, 0) is 54.7 Å². The van der Waals surface area contributed by atoms with Crippen molar-refractivity contribution in [2.24, 2.45) is 0 Å². The maximum atomic E-state index is 12.9. The first-order valence-electron chi connectivity index (χ1n) is 10.3. The zero-order valence-electron chi connectivity index (χ0n) is 17.2. The van der Waals surface area contributed by atoms with Crippen LogP contribution in [0.1, 0.15) is 38.2 Å². The van der Waals surface area contributed by atoms with Gasteiger partial charge in [0.15, 0.2) is 0 Å². The third kappa shape index (κ3) is 6.46. The number of halogens is 1. The predicted molar refractivity (Wildman–Crippen MR) is 114 cm³/mol. The van der Waals surface area contributed by atoms with Crippen molar-refractivity contribution in [3.05, 3.63) is 59.9 Å². The molecule has 1 aliphatic heterocycles. The molecule has 0 radical (unpaired) electrons. The van der Waals surface area contributed by atoms with Crippen LogP contribution in [0.15, 0.2) is 48.5 Å². The van der Waals surface area contributed by atoms with E-state index in [0.29, 0.717) is 18.2 Å². The normalized spacial score (nSPS) is 15.3. The molecule has 3 rings (SSSR count). The van der Waals surface area contributed by atoms with E-state index in [1.165, 1.54) is 17.7 Å². The second kappa shape index (κ2) is 10.3. The van der Waals surface area contributed by atoms with Gasteiger partial charge in [-0.3, -0.25) is 4.90 Å². The molecular weight excluding hydrogens is 369 g/mol. The summed E-state index contributed by atoms with van der Waals surface area (Å²) in [4.78, 5) is 14.5. The second-order valence-electron chi connectivity index (χ2n) is 7.76. The van der Waals surface area contributed by atoms with Crippen LogP contribution in [0.3, 0.4) is 0 Å². The average molecular weight is 400 g/mol. The molecule has 0 spiro atoms. The Morgan fingerprint density at radius 1 is 1.14 bits per heavy atom. The highest BCUT2D eigenvalue weighted by Crippen LogP contribution is 2.25. The lowest BCUT2D eigenvalue weighted by atomic mass is 10.0. The number of carbonyl (C=O) groups is 1. The highest BCUT2D eigenvalue weighted by molar-refractivity contribution is 5.89. The molecule has 6 heteroatoms. The molecule has 1 aliphatic rings. The Balaban J connectivity index is 1.36. The molecule has 2 N–H and O–H groups in total. The monoisotopic (exact) mass is 399 g/mol. The van der Waals surface area contributed by atoms with E-state index < -0.39 is 0 Å². The Morgan fingerprint density at radius 2 is 1.83 bits per heavy atom. The molecule has 5 nitrogen and oxygen atoms in total. The van der Waals surface area contributed by atoms with Crippen molar-refractivity contribution in [1.82, 2.24) is 10.2 Å². The number of piperidine rings is 1. The summed E-state index contributed by atoms with van der Waals surface area (Å²) in [6.45, 7) is 7.74. The van der Waals surface area contributed by atoms with E-state index in [1.807, 2.05) is 18.2 Å². The number of benzene rings is 2. The maximum absolute atomic E-state index is 12.9. The van der Waals surface area contributed by atoms with Crippen molar-refractivity contribution in [3.8, 4) is 5.75 Å².